The second-order valence-corrected chi connectivity index (χ2v) is 11.4. The molecule has 0 radical (unpaired) electrons. The number of nitrogens with zero attached hydrogens (tertiary/aromatic N) is 2. The SMILES string of the molecule is Cc1ccc(C#Cc2ccc(C#Cc3ccc(C(F)(F)F)cc3)cc2)cc1.[C-]#[N+]c1ccc(C#Cc2ccc(C#Cc3ccc(C#N)cc3)cc2)cc1. The molecule has 0 aliphatic heterocycles. The smallest absolute Gasteiger partial charge is 0.238 e. The molecule has 250 valence electrons. The van der Waals surface area contributed by atoms with Gasteiger partial charge in [0, 0.05) is 44.5 Å². The molecule has 6 aromatic rings. The van der Waals surface area contributed by atoms with E-state index in [9.17, 15) is 13.2 Å². The van der Waals surface area contributed by atoms with Crippen molar-refractivity contribution in [2.75, 3.05) is 0 Å². The van der Waals surface area contributed by atoms with Crippen LogP contribution in [0.5, 0.6) is 0 Å². The maximum Gasteiger partial charge on any atom is 0.416 e. The molecule has 0 heterocycles. The zero-order valence-electron chi connectivity index (χ0n) is 28.4. The van der Waals surface area contributed by atoms with Crippen LogP contribution in [0.15, 0.2) is 146 Å². The van der Waals surface area contributed by atoms with E-state index in [1.807, 2.05) is 104 Å². The van der Waals surface area contributed by atoms with Crippen LogP contribution < -0.4 is 0 Å². The molecule has 0 spiro atoms. The molecule has 53 heavy (non-hydrogen) atoms. The largest absolute Gasteiger partial charge is 0.416 e. The molecule has 0 aromatic heterocycles. The fraction of sp³-hybridized carbons (Fsp3) is 0.0417. The predicted molar refractivity (Wildman–Crippen MR) is 203 cm³/mol. The summed E-state index contributed by atoms with van der Waals surface area (Å²) in [5.41, 5.74) is 8.44. The van der Waals surface area contributed by atoms with Gasteiger partial charge in [-0.3, -0.25) is 0 Å². The Labute approximate surface area is 308 Å². The van der Waals surface area contributed by atoms with Crippen molar-refractivity contribution in [2.24, 2.45) is 0 Å². The Balaban J connectivity index is 0.000000204. The molecule has 6 aromatic carbocycles. The van der Waals surface area contributed by atoms with E-state index in [4.69, 9.17) is 11.8 Å². The maximum absolute atomic E-state index is 12.5. The van der Waals surface area contributed by atoms with Gasteiger partial charge in [-0.2, -0.15) is 18.4 Å². The maximum atomic E-state index is 12.5. The highest BCUT2D eigenvalue weighted by molar-refractivity contribution is 5.52. The minimum atomic E-state index is -4.33. The summed E-state index contributed by atoms with van der Waals surface area (Å²) in [5.74, 6) is 24.4. The minimum absolute atomic E-state index is 0.534. The number of rotatable bonds is 0. The molecule has 0 saturated carbocycles. The summed E-state index contributed by atoms with van der Waals surface area (Å²) in [6.07, 6.45) is -4.33. The second kappa shape index (κ2) is 17.8. The van der Waals surface area contributed by atoms with E-state index in [2.05, 4.69) is 58.3 Å². The molecule has 0 fully saturated rings. The fourth-order valence-corrected chi connectivity index (χ4v) is 4.48. The van der Waals surface area contributed by atoms with Crippen molar-refractivity contribution in [3.05, 3.63) is 218 Å². The van der Waals surface area contributed by atoms with Gasteiger partial charge in [-0.15, -0.1) is 0 Å². The molecule has 2 nitrogen and oxygen atoms in total. The van der Waals surface area contributed by atoms with Gasteiger partial charge in [0.2, 0.25) is 0 Å². The Morgan fingerprint density at radius 1 is 0.415 bits per heavy atom. The van der Waals surface area contributed by atoms with Crippen LogP contribution in [0.3, 0.4) is 0 Å². The van der Waals surface area contributed by atoms with Crippen LogP contribution in [0.1, 0.15) is 61.2 Å². The normalized spacial score (nSPS) is 9.62. The Kier molecular flexibility index (Phi) is 12.3. The lowest BCUT2D eigenvalue weighted by Gasteiger charge is -2.05. The number of alkyl halides is 3. The van der Waals surface area contributed by atoms with Gasteiger partial charge in [-0.05, 0) is 116 Å². The van der Waals surface area contributed by atoms with Crippen molar-refractivity contribution in [2.45, 2.75) is 13.1 Å². The fourth-order valence-electron chi connectivity index (χ4n) is 4.48. The zero-order valence-corrected chi connectivity index (χ0v) is 28.4. The zero-order chi connectivity index (χ0) is 37.5. The molecule has 6 rings (SSSR count). The molecule has 0 N–H and O–H groups in total. The summed E-state index contributed by atoms with van der Waals surface area (Å²) in [5, 5.41) is 8.79. The standard InChI is InChI=1S/C24H15F3.C24H12N2/c1-18-2-4-19(5-3-18)6-7-20-8-10-21(11-9-20)12-13-22-14-16-23(17-15-22)24(25,26)27;1-26-24-16-14-22(15-17-24)9-8-20-4-2-19(3-5-20)6-7-21-10-12-23(18-25)13-11-21/h2-5,8-11,14-17H,1H3;2-5,10-17H. The Hall–Kier alpha value is -7.67. The first-order chi connectivity index (χ1) is 25.7. The molecular weight excluding hydrogens is 662 g/mol. The predicted octanol–water partition coefficient (Wildman–Crippen LogP) is 10.7. The van der Waals surface area contributed by atoms with E-state index >= 15 is 0 Å². The monoisotopic (exact) mass is 688 g/mol. The quantitative estimate of drug-likeness (QED) is 0.115. The van der Waals surface area contributed by atoms with Crippen LogP contribution in [0, 0.1) is 72.2 Å². The Morgan fingerprint density at radius 3 is 0.925 bits per heavy atom. The topological polar surface area (TPSA) is 28.1 Å². The summed E-state index contributed by atoms with van der Waals surface area (Å²) >= 11 is 0. The lowest BCUT2D eigenvalue weighted by Crippen LogP contribution is -2.04. The number of nitriles is 1. The van der Waals surface area contributed by atoms with Crippen molar-refractivity contribution in [3.63, 3.8) is 0 Å². The van der Waals surface area contributed by atoms with Crippen LogP contribution in [-0.2, 0) is 6.18 Å². The summed E-state index contributed by atoms with van der Waals surface area (Å²) in [4.78, 5) is 3.36. The number of hydrogen-bond donors (Lipinski definition) is 0. The highest BCUT2D eigenvalue weighted by atomic mass is 19.4. The molecule has 0 atom stereocenters. The minimum Gasteiger partial charge on any atom is -0.238 e. The third-order valence-electron chi connectivity index (χ3n) is 7.45. The molecular formula is C48H27F3N2. The van der Waals surface area contributed by atoms with Gasteiger partial charge in [0.25, 0.3) is 0 Å². The summed E-state index contributed by atoms with van der Waals surface area (Å²) in [6.45, 7) is 8.97. The molecule has 0 amide bonds. The van der Waals surface area contributed by atoms with Crippen LogP contribution in [-0.4, -0.2) is 0 Å². The van der Waals surface area contributed by atoms with Crippen molar-refractivity contribution >= 4 is 5.69 Å². The highest BCUT2D eigenvalue weighted by Crippen LogP contribution is 2.29. The number of halogens is 3. The van der Waals surface area contributed by atoms with Crippen LogP contribution in [0.25, 0.3) is 4.85 Å². The first-order valence-corrected chi connectivity index (χ1v) is 16.2. The summed E-state index contributed by atoms with van der Waals surface area (Å²) in [7, 11) is 0. The first-order valence-electron chi connectivity index (χ1n) is 16.2. The van der Waals surface area contributed by atoms with Gasteiger partial charge < -0.3 is 0 Å². The van der Waals surface area contributed by atoms with Crippen LogP contribution in [0.4, 0.5) is 18.9 Å². The van der Waals surface area contributed by atoms with Crippen molar-refractivity contribution in [1.29, 1.82) is 5.26 Å². The van der Waals surface area contributed by atoms with Gasteiger partial charge in [-0.1, -0.05) is 89.3 Å². The van der Waals surface area contributed by atoms with Crippen molar-refractivity contribution < 1.29 is 13.2 Å². The van der Waals surface area contributed by atoms with Gasteiger partial charge in [-0.25, -0.2) is 4.85 Å². The number of aryl methyl sites for hydroxylation is 1. The Bertz CT molecular complexity index is 2430. The van der Waals surface area contributed by atoms with Crippen molar-refractivity contribution in [1.82, 2.24) is 0 Å². The van der Waals surface area contributed by atoms with E-state index in [0.717, 1.165) is 51.1 Å². The van der Waals surface area contributed by atoms with E-state index in [0.29, 0.717) is 16.8 Å². The van der Waals surface area contributed by atoms with Gasteiger partial charge in [0.15, 0.2) is 5.69 Å². The molecule has 0 saturated heterocycles. The molecule has 0 unspecified atom stereocenters. The third-order valence-corrected chi connectivity index (χ3v) is 7.45. The van der Waals surface area contributed by atoms with Gasteiger partial charge >= 0.3 is 6.18 Å². The third kappa shape index (κ3) is 11.7. The summed E-state index contributed by atoms with van der Waals surface area (Å²) in [6, 6.07) is 44.5. The van der Waals surface area contributed by atoms with E-state index < -0.39 is 11.7 Å². The van der Waals surface area contributed by atoms with E-state index in [-0.39, 0.29) is 0 Å². The Morgan fingerprint density at radius 2 is 0.660 bits per heavy atom. The van der Waals surface area contributed by atoms with Crippen LogP contribution in [0.2, 0.25) is 0 Å². The van der Waals surface area contributed by atoms with Gasteiger partial charge in [0.1, 0.15) is 0 Å². The molecule has 5 heteroatoms. The van der Waals surface area contributed by atoms with Crippen LogP contribution >= 0.6 is 0 Å². The molecule has 0 bridgehead atoms. The lowest BCUT2D eigenvalue weighted by molar-refractivity contribution is -0.137. The lowest BCUT2D eigenvalue weighted by atomic mass is 10.1. The first kappa shape index (κ1) is 36.6. The molecule has 0 aliphatic carbocycles. The number of hydrogen-bond acceptors (Lipinski definition) is 1. The average Bonchev–Trinajstić information content (AvgIpc) is 3.19. The van der Waals surface area contributed by atoms with E-state index in [1.54, 1.807) is 24.3 Å². The second-order valence-electron chi connectivity index (χ2n) is 11.4. The molecule has 0 aliphatic rings. The van der Waals surface area contributed by atoms with Crippen molar-refractivity contribution in [3.8, 4) is 53.4 Å². The van der Waals surface area contributed by atoms with Gasteiger partial charge in [0.05, 0.1) is 23.8 Å². The number of benzene rings is 6. The highest BCUT2D eigenvalue weighted by Gasteiger charge is 2.29. The van der Waals surface area contributed by atoms with E-state index in [1.165, 1.54) is 17.7 Å². The summed E-state index contributed by atoms with van der Waals surface area (Å²) < 4.78 is 37.6. The average molecular weight is 689 g/mol.